The van der Waals surface area contributed by atoms with E-state index in [-0.39, 0.29) is 6.61 Å². The molecule has 4 nitrogen and oxygen atoms in total. The average molecular weight is 196 g/mol. The minimum Gasteiger partial charge on any atom is -0.379 e. The highest BCUT2D eigenvalue weighted by Crippen LogP contribution is 1.89. The number of unbranched alkanes of at least 4 members (excludes halogenated alkanes) is 1. The van der Waals surface area contributed by atoms with Crippen LogP contribution < -0.4 is 0 Å². The quantitative estimate of drug-likeness (QED) is 0.446. The molecule has 0 unspecified atom stereocenters. The first kappa shape index (κ1) is 11.9. The van der Waals surface area contributed by atoms with Crippen LogP contribution in [0.15, 0.2) is 0 Å². The third-order valence-corrected chi connectivity index (χ3v) is 1.76. The van der Waals surface area contributed by atoms with E-state index in [1.165, 1.54) is 0 Å². The Balaban J connectivity index is 3.12. The molecule has 0 saturated heterocycles. The van der Waals surface area contributed by atoms with Crippen molar-refractivity contribution in [3.8, 4) is 0 Å². The van der Waals surface area contributed by atoms with Crippen LogP contribution in [0.1, 0.15) is 19.8 Å². The molecule has 0 amide bonds. The van der Waals surface area contributed by atoms with Gasteiger partial charge in [-0.3, -0.25) is 4.18 Å². The maximum absolute atomic E-state index is 10.4. The molecule has 0 N–H and O–H groups in total. The van der Waals surface area contributed by atoms with Crippen molar-refractivity contribution in [1.29, 1.82) is 0 Å². The Hall–Kier alpha value is -0.130. The van der Waals surface area contributed by atoms with Crippen molar-refractivity contribution in [2.45, 2.75) is 19.8 Å². The Morgan fingerprint density at radius 2 is 1.83 bits per heavy atom. The molecule has 0 aliphatic carbocycles. The molecule has 74 valence electrons. The molecule has 0 aromatic carbocycles. The molecular formula is C7H16O4S. The van der Waals surface area contributed by atoms with E-state index in [2.05, 4.69) is 11.1 Å². The molecule has 0 saturated carbocycles. The second kappa shape index (κ2) is 6.39. The molecule has 0 aliphatic rings. The predicted molar refractivity (Wildman–Crippen MR) is 46.5 cm³/mol. The zero-order valence-electron chi connectivity index (χ0n) is 7.58. The Bertz CT molecular complexity index is 186. The number of hydrogen-bond donors (Lipinski definition) is 0. The van der Waals surface area contributed by atoms with Crippen LogP contribution in [0.5, 0.6) is 0 Å². The lowest BCUT2D eigenvalue weighted by Crippen LogP contribution is -2.09. The zero-order valence-corrected chi connectivity index (χ0v) is 8.39. The van der Waals surface area contributed by atoms with Gasteiger partial charge in [-0.15, -0.1) is 0 Å². The van der Waals surface area contributed by atoms with Crippen LogP contribution in [0, 0.1) is 0 Å². The Morgan fingerprint density at radius 3 is 2.33 bits per heavy atom. The standard InChI is InChI=1S/C7H16O4S/c1-3-4-5-10-6-7-11-12(2,8)9/h3-7H2,1-2H3. The first-order chi connectivity index (χ1) is 5.56. The summed E-state index contributed by atoms with van der Waals surface area (Å²) in [6.07, 6.45) is 3.10. The predicted octanol–water partition coefficient (Wildman–Crippen LogP) is 0.779. The molecule has 0 fully saturated rings. The maximum Gasteiger partial charge on any atom is 0.264 e. The lowest BCUT2D eigenvalue weighted by Gasteiger charge is -2.02. The highest BCUT2D eigenvalue weighted by atomic mass is 32.2. The number of rotatable bonds is 7. The van der Waals surface area contributed by atoms with Gasteiger partial charge in [-0.1, -0.05) is 13.3 Å². The van der Waals surface area contributed by atoms with Gasteiger partial charge in [-0.2, -0.15) is 8.42 Å². The van der Waals surface area contributed by atoms with Crippen LogP contribution in [0.3, 0.4) is 0 Å². The lowest BCUT2D eigenvalue weighted by molar-refractivity contribution is 0.100. The summed E-state index contributed by atoms with van der Waals surface area (Å²) in [4.78, 5) is 0. The van der Waals surface area contributed by atoms with Crippen LogP contribution in [0.25, 0.3) is 0 Å². The van der Waals surface area contributed by atoms with Crippen molar-refractivity contribution < 1.29 is 17.3 Å². The van der Waals surface area contributed by atoms with Crippen LogP contribution in [-0.2, 0) is 19.0 Å². The Morgan fingerprint density at radius 1 is 1.17 bits per heavy atom. The first-order valence-electron chi connectivity index (χ1n) is 3.98. The van der Waals surface area contributed by atoms with Crippen LogP contribution in [0.4, 0.5) is 0 Å². The second-order valence-corrected chi connectivity index (χ2v) is 4.14. The van der Waals surface area contributed by atoms with Gasteiger partial charge in [0.05, 0.1) is 19.5 Å². The lowest BCUT2D eigenvalue weighted by atomic mass is 10.4. The largest absolute Gasteiger partial charge is 0.379 e. The van der Waals surface area contributed by atoms with Crippen LogP contribution >= 0.6 is 0 Å². The molecule has 0 bridgehead atoms. The van der Waals surface area contributed by atoms with Gasteiger partial charge < -0.3 is 4.74 Å². The summed E-state index contributed by atoms with van der Waals surface area (Å²) in [5.74, 6) is 0. The van der Waals surface area contributed by atoms with E-state index >= 15 is 0 Å². The molecule has 0 aliphatic heterocycles. The van der Waals surface area contributed by atoms with Crippen LogP contribution in [0.2, 0.25) is 0 Å². The van der Waals surface area contributed by atoms with Crippen molar-refractivity contribution in [2.75, 3.05) is 26.1 Å². The van der Waals surface area contributed by atoms with Crippen molar-refractivity contribution in [2.24, 2.45) is 0 Å². The first-order valence-corrected chi connectivity index (χ1v) is 5.80. The minimum atomic E-state index is -3.30. The molecule has 0 atom stereocenters. The molecule has 0 aromatic rings. The second-order valence-electron chi connectivity index (χ2n) is 2.49. The molecular weight excluding hydrogens is 180 g/mol. The summed E-state index contributed by atoms with van der Waals surface area (Å²) in [6, 6.07) is 0. The highest BCUT2D eigenvalue weighted by molar-refractivity contribution is 7.85. The van der Waals surface area contributed by atoms with Crippen molar-refractivity contribution in [3.63, 3.8) is 0 Å². The van der Waals surface area contributed by atoms with Gasteiger partial charge in [0.1, 0.15) is 0 Å². The maximum atomic E-state index is 10.4. The van der Waals surface area contributed by atoms with Crippen molar-refractivity contribution >= 4 is 10.1 Å². The zero-order chi connectivity index (χ0) is 9.45. The van der Waals surface area contributed by atoms with Gasteiger partial charge in [0.25, 0.3) is 10.1 Å². The topological polar surface area (TPSA) is 52.6 Å². The summed E-state index contributed by atoms with van der Waals surface area (Å²) in [5, 5.41) is 0. The van der Waals surface area contributed by atoms with Crippen LogP contribution in [-0.4, -0.2) is 34.5 Å². The van der Waals surface area contributed by atoms with Crippen molar-refractivity contribution in [1.82, 2.24) is 0 Å². The fourth-order valence-electron chi connectivity index (χ4n) is 0.593. The normalized spacial score (nSPS) is 11.8. The summed E-state index contributed by atoms with van der Waals surface area (Å²) in [7, 11) is -3.30. The highest BCUT2D eigenvalue weighted by Gasteiger charge is 1.99. The smallest absolute Gasteiger partial charge is 0.264 e. The molecule has 5 heteroatoms. The fourth-order valence-corrected chi connectivity index (χ4v) is 0.964. The van der Waals surface area contributed by atoms with E-state index < -0.39 is 10.1 Å². The van der Waals surface area contributed by atoms with Gasteiger partial charge in [0.15, 0.2) is 0 Å². The third kappa shape index (κ3) is 9.87. The summed E-state index contributed by atoms with van der Waals surface area (Å²) in [5.41, 5.74) is 0. The summed E-state index contributed by atoms with van der Waals surface area (Å²) < 4.78 is 30.4. The SMILES string of the molecule is CCCCOCCOS(C)(=O)=O. The van der Waals surface area contributed by atoms with Gasteiger partial charge in [-0.25, -0.2) is 0 Å². The van der Waals surface area contributed by atoms with Crippen molar-refractivity contribution in [3.05, 3.63) is 0 Å². The van der Waals surface area contributed by atoms with E-state index in [4.69, 9.17) is 4.74 Å². The molecule has 0 heterocycles. The summed E-state index contributed by atoms with van der Waals surface area (Å²) in [6.45, 7) is 3.19. The third-order valence-electron chi connectivity index (χ3n) is 1.17. The average Bonchev–Trinajstić information content (AvgIpc) is 1.94. The fraction of sp³-hybridized carbons (Fsp3) is 1.00. The van der Waals surface area contributed by atoms with E-state index in [0.29, 0.717) is 13.2 Å². The summed E-state index contributed by atoms with van der Waals surface area (Å²) >= 11 is 0. The minimum absolute atomic E-state index is 0.114. The van der Waals surface area contributed by atoms with E-state index in [0.717, 1.165) is 19.1 Å². The molecule has 0 radical (unpaired) electrons. The molecule has 12 heavy (non-hydrogen) atoms. The number of hydrogen-bond acceptors (Lipinski definition) is 4. The Kier molecular flexibility index (Phi) is 6.32. The molecule has 0 spiro atoms. The van der Waals surface area contributed by atoms with E-state index in [1.54, 1.807) is 0 Å². The Labute approximate surface area is 74.0 Å². The number of ether oxygens (including phenoxy) is 1. The van der Waals surface area contributed by atoms with E-state index in [9.17, 15) is 8.42 Å². The van der Waals surface area contributed by atoms with Gasteiger partial charge >= 0.3 is 0 Å². The monoisotopic (exact) mass is 196 g/mol. The van der Waals surface area contributed by atoms with E-state index in [1.807, 2.05) is 0 Å². The van der Waals surface area contributed by atoms with Gasteiger partial charge in [0.2, 0.25) is 0 Å². The molecule has 0 aromatic heterocycles. The van der Waals surface area contributed by atoms with Gasteiger partial charge in [0, 0.05) is 6.61 Å². The van der Waals surface area contributed by atoms with Gasteiger partial charge in [-0.05, 0) is 6.42 Å². The molecule has 0 rings (SSSR count).